The van der Waals surface area contributed by atoms with Crippen LogP contribution < -0.4 is 9.47 Å². The van der Waals surface area contributed by atoms with Crippen molar-refractivity contribution in [3.63, 3.8) is 0 Å². The van der Waals surface area contributed by atoms with Gasteiger partial charge in [0.25, 0.3) is 0 Å². The van der Waals surface area contributed by atoms with Gasteiger partial charge in [0.15, 0.2) is 11.6 Å². The molecule has 0 bridgehead atoms. The van der Waals surface area contributed by atoms with Gasteiger partial charge in [-0.3, -0.25) is 9.59 Å². The Hall–Kier alpha value is -3.21. The summed E-state index contributed by atoms with van der Waals surface area (Å²) in [5, 5.41) is 1.84. The van der Waals surface area contributed by atoms with Crippen LogP contribution in [0.15, 0.2) is 54.6 Å². The molecular weight excluding hydrogens is 323 g/mol. The van der Waals surface area contributed by atoms with Crippen molar-refractivity contribution in [2.24, 2.45) is 0 Å². The largest absolute Gasteiger partial charge is 0.427 e. The molecule has 0 radical (unpaired) electrons. The first-order valence-corrected chi connectivity index (χ1v) is 7.63. The van der Waals surface area contributed by atoms with E-state index in [4.69, 9.17) is 9.47 Å². The Balaban J connectivity index is 1.99. The van der Waals surface area contributed by atoms with Crippen molar-refractivity contribution in [3.8, 4) is 22.6 Å². The maximum Gasteiger partial charge on any atom is 0.308 e. The first kappa shape index (κ1) is 16.6. The number of carbonyl (C=O) groups excluding carboxylic acids is 2. The van der Waals surface area contributed by atoms with Gasteiger partial charge in [0.2, 0.25) is 0 Å². The van der Waals surface area contributed by atoms with Crippen molar-refractivity contribution in [1.82, 2.24) is 0 Å². The predicted molar refractivity (Wildman–Crippen MR) is 92.0 cm³/mol. The molecule has 3 rings (SSSR count). The number of benzene rings is 3. The summed E-state index contributed by atoms with van der Waals surface area (Å²) in [6.07, 6.45) is 0. The maximum absolute atomic E-state index is 13.7. The van der Waals surface area contributed by atoms with Crippen LogP contribution in [0.25, 0.3) is 21.9 Å². The molecule has 0 unspecified atom stereocenters. The highest BCUT2D eigenvalue weighted by atomic mass is 19.1. The fraction of sp³-hybridized carbons (Fsp3) is 0.100. The third-order valence-corrected chi connectivity index (χ3v) is 3.59. The van der Waals surface area contributed by atoms with Gasteiger partial charge in [-0.05, 0) is 52.2 Å². The molecule has 0 amide bonds. The second kappa shape index (κ2) is 6.73. The minimum absolute atomic E-state index is 0.102. The number of carbonyl (C=O) groups is 2. The van der Waals surface area contributed by atoms with Gasteiger partial charge >= 0.3 is 11.9 Å². The van der Waals surface area contributed by atoms with Crippen LogP contribution >= 0.6 is 0 Å². The molecule has 0 saturated heterocycles. The summed E-state index contributed by atoms with van der Waals surface area (Å²) < 4.78 is 23.7. The summed E-state index contributed by atoms with van der Waals surface area (Å²) in [4.78, 5) is 22.1. The zero-order valence-electron chi connectivity index (χ0n) is 13.7. The van der Waals surface area contributed by atoms with Gasteiger partial charge < -0.3 is 9.47 Å². The molecule has 0 heterocycles. The number of fused-ring (bicyclic) bond motifs is 1. The molecule has 25 heavy (non-hydrogen) atoms. The lowest BCUT2D eigenvalue weighted by Gasteiger charge is -2.09. The van der Waals surface area contributed by atoms with Crippen LogP contribution in [0.2, 0.25) is 0 Å². The minimum Gasteiger partial charge on any atom is -0.427 e. The van der Waals surface area contributed by atoms with E-state index in [2.05, 4.69) is 0 Å². The first-order chi connectivity index (χ1) is 11.9. The van der Waals surface area contributed by atoms with Crippen LogP contribution in [0.4, 0.5) is 4.39 Å². The molecule has 0 aromatic heterocycles. The zero-order valence-corrected chi connectivity index (χ0v) is 13.7. The van der Waals surface area contributed by atoms with E-state index in [9.17, 15) is 14.0 Å². The van der Waals surface area contributed by atoms with Gasteiger partial charge in [-0.2, -0.15) is 0 Å². The number of ether oxygens (including phenoxy) is 2. The average Bonchev–Trinajstić information content (AvgIpc) is 2.55. The van der Waals surface area contributed by atoms with Gasteiger partial charge in [-0.25, -0.2) is 4.39 Å². The van der Waals surface area contributed by atoms with Crippen molar-refractivity contribution in [3.05, 3.63) is 60.4 Å². The normalized spacial score (nSPS) is 10.5. The van der Waals surface area contributed by atoms with E-state index in [1.54, 1.807) is 18.2 Å². The Morgan fingerprint density at radius 2 is 1.36 bits per heavy atom. The zero-order chi connectivity index (χ0) is 18.0. The van der Waals surface area contributed by atoms with E-state index in [1.807, 2.05) is 24.3 Å². The molecule has 4 nitrogen and oxygen atoms in total. The molecule has 0 aliphatic heterocycles. The third kappa shape index (κ3) is 3.83. The topological polar surface area (TPSA) is 52.6 Å². The highest BCUT2D eigenvalue weighted by Crippen LogP contribution is 2.30. The predicted octanol–water partition coefficient (Wildman–Crippen LogP) is 4.50. The smallest absolute Gasteiger partial charge is 0.308 e. The number of hydrogen-bond donors (Lipinski definition) is 0. The third-order valence-electron chi connectivity index (χ3n) is 3.59. The highest BCUT2D eigenvalue weighted by Gasteiger charge is 2.09. The quantitative estimate of drug-likeness (QED) is 0.521. The summed E-state index contributed by atoms with van der Waals surface area (Å²) in [5.74, 6) is -1.17. The molecule has 5 heteroatoms. The molecule has 0 fully saturated rings. The van der Waals surface area contributed by atoms with E-state index >= 15 is 0 Å². The summed E-state index contributed by atoms with van der Waals surface area (Å²) in [7, 11) is 0. The number of hydrogen-bond acceptors (Lipinski definition) is 4. The number of rotatable bonds is 3. The molecule has 0 saturated carbocycles. The Morgan fingerprint density at radius 3 is 2.08 bits per heavy atom. The second-order valence-electron chi connectivity index (χ2n) is 5.56. The van der Waals surface area contributed by atoms with Crippen LogP contribution in [0.3, 0.4) is 0 Å². The Kier molecular flexibility index (Phi) is 4.48. The van der Waals surface area contributed by atoms with Gasteiger partial charge in [-0.1, -0.05) is 24.3 Å². The van der Waals surface area contributed by atoms with E-state index in [0.717, 1.165) is 21.9 Å². The van der Waals surface area contributed by atoms with E-state index < -0.39 is 11.8 Å². The van der Waals surface area contributed by atoms with Crippen LogP contribution in [0, 0.1) is 5.82 Å². The lowest BCUT2D eigenvalue weighted by Crippen LogP contribution is -2.03. The van der Waals surface area contributed by atoms with E-state index in [1.165, 1.54) is 26.0 Å². The van der Waals surface area contributed by atoms with E-state index in [0.29, 0.717) is 5.75 Å². The molecule has 0 spiro atoms. The summed E-state index contributed by atoms with van der Waals surface area (Å²) in [6.45, 7) is 2.57. The molecule has 0 aliphatic carbocycles. The molecular formula is C20H15FO4. The Bertz CT molecular complexity index is 979. The fourth-order valence-corrected chi connectivity index (χ4v) is 2.55. The lowest BCUT2D eigenvalue weighted by atomic mass is 10.0. The monoisotopic (exact) mass is 338 g/mol. The van der Waals surface area contributed by atoms with Crippen LogP contribution in [0.5, 0.6) is 11.5 Å². The SMILES string of the molecule is CC(=O)Oc1ccc2cc(-c3ccc(F)c(OC(C)=O)c3)ccc2c1. The molecule has 0 N–H and O–H groups in total. The highest BCUT2D eigenvalue weighted by molar-refractivity contribution is 5.89. The molecule has 3 aromatic carbocycles. The fourth-order valence-electron chi connectivity index (χ4n) is 2.55. The van der Waals surface area contributed by atoms with Gasteiger partial charge in [0, 0.05) is 13.8 Å². The van der Waals surface area contributed by atoms with Crippen LogP contribution in [0.1, 0.15) is 13.8 Å². The number of halogens is 1. The lowest BCUT2D eigenvalue weighted by molar-refractivity contribution is -0.132. The maximum atomic E-state index is 13.7. The standard InChI is InChI=1S/C20H15FO4/c1-12(22)24-18-7-5-15-9-14(3-4-16(15)10-18)17-6-8-19(21)20(11-17)25-13(2)23/h3-11H,1-2H3. The van der Waals surface area contributed by atoms with Crippen LogP contribution in [-0.2, 0) is 9.59 Å². The molecule has 0 atom stereocenters. The summed E-state index contributed by atoms with van der Waals surface area (Å²) in [5.41, 5.74) is 1.57. The van der Waals surface area contributed by atoms with Crippen molar-refractivity contribution in [2.75, 3.05) is 0 Å². The van der Waals surface area contributed by atoms with Gasteiger partial charge in [0.05, 0.1) is 0 Å². The van der Waals surface area contributed by atoms with E-state index in [-0.39, 0.29) is 11.7 Å². The minimum atomic E-state index is -0.592. The van der Waals surface area contributed by atoms with Gasteiger partial charge in [-0.15, -0.1) is 0 Å². The van der Waals surface area contributed by atoms with Crippen molar-refractivity contribution in [1.29, 1.82) is 0 Å². The Labute approximate surface area is 143 Å². The average molecular weight is 338 g/mol. The first-order valence-electron chi connectivity index (χ1n) is 7.63. The van der Waals surface area contributed by atoms with Gasteiger partial charge in [0.1, 0.15) is 5.75 Å². The molecule has 0 aliphatic rings. The molecule has 126 valence electrons. The summed E-state index contributed by atoms with van der Waals surface area (Å²) in [6, 6.07) is 15.4. The van der Waals surface area contributed by atoms with Crippen LogP contribution in [-0.4, -0.2) is 11.9 Å². The van der Waals surface area contributed by atoms with Crippen molar-refractivity contribution < 1.29 is 23.5 Å². The molecule has 3 aromatic rings. The van der Waals surface area contributed by atoms with Crippen molar-refractivity contribution in [2.45, 2.75) is 13.8 Å². The number of esters is 2. The summed E-state index contributed by atoms with van der Waals surface area (Å²) >= 11 is 0. The Morgan fingerprint density at radius 1 is 0.760 bits per heavy atom. The second-order valence-corrected chi connectivity index (χ2v) is 5.56. The van der Waals surface area contributed by atoms with Crippen molar-refractivity contribution >= 4 is 22.7 Å².